The Kier molecular flexibility index (Phi) is 5.30. The quantitative estimate of drug-likeness (QED) is 0.329. The zero-order valence-electron chi connectivity index (χ0n) is 8.57. The Balaban J connectivity index is 2.34. The minimum atomic E-state index is 0.830. The van der Waals surface area contributed by atoms with Gasteiger partial charge in [0.15, 0.2) is 0 Å². The summed E-state index contributed by atoms with van der Waals surface area (Å²) in [4.78, 5) is 1.09. The van der Waals surface area contributed by atoms with Crippen LogP contribution in [-0.4, -0.2) is 10.9 Å². The maximum Gasteiger partial charge on any atom is 0.0967 e. The highest BCUT2D eigenvalue weighted by Gasteiger charge is 2.04. The van der Waals surface area contributed by atoms with E-state index in [9.17, 15) is 0 Å². The molecule has 1 N–H and O–H groups in total. The van der Waals surface area contributed by atoms with E-state index in [1.807, 2.05) is 17.5 Å². The van der Waals surface area contributed by atoms with E-state index in [0.717, 1.165) is 23.4 Å². The first-order valence-corrected chi connectivity index (χ1v) is 6.01. The monoisotopic (exact) mass is 211 g/mol. The average molecular weight is 211 g/mol. The summed E-state index contributed by atoms with van der Waals surface area (Å²) in [6.45, 7) is 2.19. The zero-order chi connectivity index (χ0) is 10.2. The lowest BCUT2D eigenvalue weighted by atomic mass is 10.1. The Morgan fingerprint density at radius 2 is 2.29 bits per heavy atom. The molecule has 78 valence electrons. The topological polar surface area (TPSA) is 32.6 Å². The van der Waals surface area contributed by atoms with E-state index in [1.165, 1.54) is 19.3 Å². The van der Waals surface area contributed by atoms with Crippen molar-refractivity contribution in [3.8, 4) is 0 Å². The molecule has 1 aromatic rings. The first-order chi connectivity index (χ1) is 6.88. The molecule has 1 heterocycles. The molecule has 0 spiro atoms. The molecule has 0 bridgehead atoms. The fraction of sp³-hybridized carbons (Fsp3) is 0.545. The Bertz CT molecular complexity index is 267. The summed E-state index contributed by atoms with van der Waals surface area (Å²) < 4.78 is 0. The SMILES string of the molecule is CCCCCC/C(=N\O)c1cccs1. The van der Waals surface area contributed by atoms with Gasteiger partial charge in [-0.2, -0.15) is 0 Å². The predicted octanol–water partition coefficient (Wildman–Crippen LogP) is 3.90. The second kappa shape index (κ2) is 6.60. The molecule has 0 saturated carbocycles. The number of hydrogen-bond acceptors (Lipinski definition) is 3. The van der Waals surface area contributed by atoms with E-state index in [0.29, 0.717) is 0 Å². The van der Waals surface area contributed by atoms with Crippen molar-refractivity contribution in [1.29, 1.82) is 0 Å². The van der Waals surface area contributed by atoms with E-state index in [-0.39, 0.29) is 0 Å². The standard InChI is InChI=1S/C11H17NOS/c1-2-3-4-5-7-10(12-13)11-8-6-9-14-11/h6,8-9,13H,2-5,7H2,1H3/b12-10+. The Hall–Kier alpha value is -0.830. The van der Waals surface area contributed by atoms with Gasteiger partial charge in [0.05, 0.1) is 10.6 Å². The van der Waals surface area contributed by atoms with E-state index in [1.54, 1.807) is 11.3 Å². The van der Waals surface area contributed by atoms with Crippen LogP contribution in [0.4, 0.5) is 0 Å². The second-order valence-corrected chi connectivity index (χ2v) is 4.28. The van der Waals surface area contributed by atoms with Crippen LogP contribution in [-0.2, 0) is 0 Å². The fourth-order valence-electron chi connectivity index (χ4n) is 1.38. The normalized spacial score (nSPS) is 11.9. The summed E-state index contributed by atoms with van der Waals surface area (Å²) in [5, 5.41) is 14.2. The lowest BCUT2D eigenvalue weighted by molar-refractivity contribution is 0.318. The van der Waals surface area contributed by atoms with Crippen LogP contribution >= 0.6 is 11.3 Å². The van der Waals surface area contributed by atoms with Gasteiger partial charge in [-0.3, -0.25) is 0 Å². The summed E-state index contributed by atoms with van der Waals surface area (Å²) in [7, 11) is 0. The first kappa shape index (κ1) is 11.2. The van der Waals surface area contributed by atoms with Gasteiger partial charge in [-0.25, -0.2) is 0 Å². The molecule has 0 atom stereocenters. The largest absolute Gasteiger partial charge is 0.411 e. The predicted molar refractivity (Wildman–Crippen MR) is 61.4 cm³/mol. The third-order valence-corrected chi connectivity index (χ3v) is 3.11. The fourth-order valence-corrected chi connectivity index (χ4v) is 2.12. The van der Waals surface area contributed by atoms with Crippen LogP contribution in [0.2, 0.25) is 0 Å². The molecule has 2 nitrogen and oxygen atoms in total. The van der Waals surface area contributed by atoms with Crippen molar-refractivity contribution in [2.45, 2.75) is 39.0 Å². The van der Waals surface area contributed by atoms with Gasteiger partial charge < -0.3 is 5.21 Å². The van der Waals surface area contributed by atoms with E-state index < -0.39 is 0 Å². The zero-order valence-corrected chi connectivity index (χ0v) is 9.39. The molecule has 3 heteroatoms. The minimum absolute atomic E-state index is 0.830. The van der Waals surface area contributed by atoms with Crippen LogP contribution in [0.15, 0.2) is 22.7 Å². The van der Waals surface area contributed by atoms with Crippen molar-refractivity contribution in [2.75, 3.05) is 0 Å². The van der Waals surface area contributed by atoms with Crippen molar-refractivity contribution in [3.63, 3.8) is 0 Å². The van der Waals surface area contributed by atoms with Crippen LogP contribution < -0.4 is 0 Å². The summed E-state index contributed by atoms with van der Waals surface area (Å²) in [6, 6.07) is 3.98. The van der Waals surface area contributed by atoms with E-state index in [2.05, 4.69) is 12.1 Å². The molecule has 0 amide bonds. The van der Waals surface area contributed by atoms with Gasteiger partial charge in [0.2, 0.25) is 0 Å². The highest BCUT2D eigenvalue weighted by molar-refractivity contribution is 7.12. The molecular formula is C11H17NOS. The molecule has 0 aromatic carbocycles. The van der Waals surface area contributed by atoms with Crippen LogP contribution in [0.1, 0.15) is 43.9 Å². The lowest BCUT2D eigenvalue weighted by Crippen LogP contribution is -1.97. The number of nitrogens with zero attached hydrogens (tertiary/aromatic N) is 1. The highest BCUT2D eigenvalue weighted by atomic mass is 32.1. The number of thiophene rings is 1. The van der Waals surface area contributed by atoms with Gasteiger partial charge in [0.1, 0.15) is 0 Å². The molecule has 0 saturated heterocycles. The number of rotatable bonds is 6. The van der Waals surface area contributed by atoms with Crippen LogP contribution in [0, 0.1) is 0 Å². The summed E-state index contributed by atoms with van der Waals surface area (Å²) in [6.07, 6.45) is 5.73. The van der Waals surface area contributed by atoms with Crippen molar-refractivity contribution < 1.29 is 5.21 Å². The molecule has 0 unspecified atom stereocenters. The van der Waals surface area contributed by atoms with Gasteiger partial charge >= 0.3 is 0 Å². The third kappa shape index (κ3) is 3.50. The maximum absolute atomic E-state index is 8.85. The van der Waals surface area contributed by atoms with Crippen molar-refractivity contribution in [3.05, 3.63) is 22.4 Å². The minimum Gasteiger partial charge on any atom is -0.411 e. The van der Waals surface area contributed by atoms with Gasteiger partial charge in [0.25, 0.3) is 0 Å². The van der Waals surface area contributed by atoms with Gasteiger partial charge in [-0.05, 0) is 24.3 Å². The Morgan fingerprint density at radius 3 is 2.86 bits per heavy atom. The molecule has 0 aliphatic heterocycles. The molecule has 1 rings (SSSR count). The molecule has 0 radical (unpaired) electrons. The second-order valence-electron chi connectivity index (χ2n) is 3.33. The lowest BCUT2D eigenvalue weighted by Gasteiger charge is -2.00. The molecule has 0 aliphatic carbocycles. The average Bonchev–Trinajstić information content (AvgIpc) is 2.71. The first-order valence-electron chi connectivity index (χ1n) is 5.13. The Morgan fingerprint density at radius 1 is 1.43 bits per heavy atom. The third-order valence-electron chi connectivity index (χ3n) is 2.19. The molecular weight excluding hydrogens is 194 g/mol. The van der Waals surface area contributed by atoms with Crippen LogP contribution in [0.3, 0.4) is 0 Å². The number of oxime groups is 1. The highest BCUT2D eigenvalue weighted by Crippen LogP contribution is 2.14. The van der Waals surface area contributed by atoms with Crippen molar-refractivity contribution >= 4 is 17.0 Å². The Labute approximate surface area is 89.3 Å². The van der Waals surface area contributed by atoms with Crippen LogP contribution in [0.25, 0.3) is 0 Å². The van der Waals surface area contributed by atoms with E-state index in [4.69, 9.17) is 5.21 Å². The number of hydrogen-bond donors (Lipinski definition) is 1. The van der Waals surface area contributed by atoms with Gasteiger partial charge in [-0.1, -0.05) is 37.4 Å². The smallest absolute Gasteiger partial charge is 0.0967 e. The molecule has 14 heavy (non-hydrogen) atoms. The van der Waals surface area contributed by atoms with Crippen molar-refractivity contribution in [2.24, 2.45) is 5.16 Å². The molecule has 0 fully saturated rings. The number of unbranched alkanes of at least 4 members (excludes halogenated alkanes) is 3. The van der Waals surface area contributed by atoms with Crippen molar-refractivity contribution in [1.82, 2.24) is 0 Å². The molecule has 1 aromatic heterocycles. The summed E-state index contributed by atoms with van der Waals surface area (Å²) in [5.41, 5.74) is 0.830. The van der Waals surface area contributed by atoms with Gasteiger partial charge in [0, 0.05) is 0 Å². The summed E-state index contributed by atoms with van der Waals surface area (Å²) >= 11 is 1.63. The van der Waals surface area contributed by atoms with E-state index >= 15 is 0 Å². The van der Waals surface area contributed by atoms with Crippen LogP contribution in [0.5, 0.6) is 0 Å². The molecule has 0 aliphatic rings. The summed E-state index contributed by atoms with van der Waals surface area (Å²) in [5.74, 6) is 0. The maximum atomic E-state index is 8.85. The van der Waals surface area contributed by atoms with Gasteiger partial charge in [-0.15, -0.1) is 11.3 Å².